The molecule has 0 heterocycles. The minimum Gasteiger partial charge on any atom is -0.393 e. The van der Waals surface area contributed by atoms with Gasteiger partial charge < -0.3 is 5.11 Å². The van der Waals surface area contributed by atoms with E-state index in [1.165, 1.54) is 50.7 Å². The normalized spacial score (nSPS) is 54.8. The largest absolute Gasteiger partial charge is 0.393 e. The van der Waals surface area contributed by atoms with Gasteiger partial charge in [-0.15, -0.1) is 0 Å². The number of aliphatic hydroxyl groups is 1. The fraction of sp³-hybridized carbons (Fsp3) is 0.955. The van der Waals surface area contributed by atoms with Gasteiger partial charge in [-0.25, -0.2) is 0 Å². The van der Waals surface area contributed by atoms with Crippen LogP contribution >= 0.6 is 0 Å². The first kappa shape index (κ1) is 17.1. The standard InChI is InChI=1S/C22H37NO/c1-14(23-4)18-7-8-19-17-6-5-15-13-16(24)9-11-21(15,2)20(17)10-12-22(18,19)3/h15-20,24H,5-13H2,1-4H3/t15-,16+,17-,18+,19-,20-,21-,22+/m0/s1. The van der Waals surface area contributed by atoms with Crippen LogP contribution in [0.2, 0.25) is 0 Å². The van der Waals surface area contributed by atoms with E-state index in [2.05, 4.69) is 25.8 Å². The summed E-state index contributed by atoms with van der Waals surface area (Å²) in [4.78, 5) is 4.59. The lowest BCUT2D eigenvalue weighted by molar-refractivity contribution is -0.123. The zero-order chi connectivity index (χ0) is 17.1. The van der Waals surface area contributed by atoms with Crippen LogP contribution in [0, 0.1) is 40.4 Å². The van der Waals surface area contributed by atoms with Crippen LogP contribution < -0.4 is 0 Å². The van der Waals surface area contributed by atoms with Crippen LogP contribution in [0.4, 0.5) is 0 Å². The number of rotatable bonds is 1. The summed E-state index contributed by atoms with van der Waals surface area (Å²) < 4.78 is 0. The molecule has 0 spiro atoms. The van der Waals surface area contributed by atoms with Gasteiger partial charge in [0.05, 0.1) is 6.10 Å². The van der Waals surface area contributed by atoms with Crippen LogP contribution in [-0.4, -0.2) is 24.0 Å². The second-order valence-electron chi connectivity index (χ2n) is 10.1. The van der Waals surface area contributed by atoms with Gasteiger partial charge in [-0.2, -0.15) is 0 Å². The van der Waals surface area contributed by atoms with E-state index < -0.39 is 0 Å². The third-order valence-electron chi connectivity index (χ3n) is 9.50. The van der Waals surface area contributed by atoms with E-state index in [-0.39, 0.29) is 6.10 Å². The van der Waals surface area contributed by atoms with Gasteiger partial charge in [0.1, 0.15) is 0 Å². The van der Waals surface area contributed by atoms with Gasteiger partial charge in [-0.1, -0.05) is 13.8 Å². The predicted molar refractivity (Wildman–Crippen MR) is 100 cm³/mol. The topological polar surface area (TPSA) is 32.6 Å². The molecule has 24 heavy (non-hydrogen) atoms. The molecule has 1 N–H and O–H groups in total. The third kappa shape index (κ3) is 2.27. The summed E-state index contributed by atoms with van der Waals surface area (Å²) in [6, 6.07) is 0. The molecule has 0 amide bonds. The van der Waals surface area contributed by atoms with E-state index in [0.717, 1.165) is 42.4 Å². The molecule has 2 heteroatoms. The van der Waals surface area contributed by atoms with Gasteiger partial charge in [0, 0.05) is 18.7 Å². The number of hydrogen-bond acceptors (Lipinski definition) is 2. The van der Waals surface area contributed by atoms with E-state index in [1.54, 1.807) is 0 Å². The van der Waals surface area contributed by atoms with E-state index in [4.69, 9.17) is 0 Å². The molecule has 0 aliphatic heterocycles. The maximum absolute atomic E-state index is 10.2. The second kappa shape index (κ2) is 5.83. The molecular weight excluding hydrogens is 294 g/mol. The summed E-state index contributed by atoms with van der Waals surface area (Å²) >= 11 is 0. The molecule has 0 aromatic rings. The Kier molecular flexibility index (Phi) is 4.14. The smallest absolute Gasteiger partial charge is 0.0543 e. The van der Waals surface area contributed by atoms with Crippen molar-refractivity contribution in [3.63, 3.8) is 0 Å². The molecule has 136 valence electrons. The third-order valence-corrected chi connectivity index (χ3v) is 9.50. The SMILES string of the molecule is CN=C(C)[C@H]1CC[C@H]2[C@@H]3CC[C@H]4C[C@H](O)CC[C@]4(C)[C@H]3CC[C@]12C. The van der Waals surface area contributed by atoms with Gasteiger partial charge in [-0.05, 0) is 99.2 Å². The lowest BCUT2D eigenvalue weighted by Crippen LogP contribution is -2.54. The van der Waals surface area contributed by atoms with Gasteiger partial charge in [0.25, 0.3) is 0 Å². The molecule has 4 fully saturated rings. The molecule has 0 aromatic carbocycles. The average Bonchev–Trinajstić information content (AvgIpc) is 2.92. The second-order valence-corrected chi connectivity index (χ2v) is 10.1. The maximum Gasteiger partial charge on any atom is 0.0543 e. The first-order valence-electron chi connectivity index (χ1n) is 10.5. The molecule has 4 rings (SSSR count). The zero-order valence-electron chi connectivity index (χ0n) is 16.2. The van der Waals surface area contributed by atoms with Crippen LogP contribution in [0.5, 0.6) is 0 Å². The Morgan fingerprint density at radius 3 is 2.38 bits per heavy atom. The van der Waals surface area contributed by atoms with Crippen LogP contribution in [0.1, 0.15) is 78.6 Å². The number of hydrogen-bond donors (Lipinski definition) is 1. The number of nitrogens with zero attached hydrogens (tertiary/aromatic N) is 1. The molecular formula is C22H37NO. The summed E-state index contributed by atoms with van der Waals surface area (Å²) in [6.45, 7) is 7.46. The van der Waals surface area contributed by atoms with E-state index in [9.17, 15) is 5.11 Å². The molecule has 4 saturated carbocycles. The Labute approximate surface area is 148 Å². The monoisotopic (exact) mass is 331 g/mol. The molecule has 2 nitrogen and oxygen atoms in total. The summed E-state index contributed by atoms with van der Waals surface area (Å²) in [5.74, 6) is 4.28. The average molecular weight is 332 g/mol. The highest BCUT2D eigenvalue weighted by atomic mass is 16.3. The zero-order valence-corrected chi connectivity index (χ0v) is 16.2. The Bertz CT molecular complexity index is 528. The molecule has 0 aromatic heterocycles. The van der Waals surface area contributed by atoms with Crippen molar-refractivity contribution in [1.29, 1.82) is 0 Å². The fourth-order valence-corrected chi connectivity index (χ4v) is 8.08. The van der Waals surface area contributed by atoms with Crippen molar-refractivity contribution in [2.75, 3.05) is 7.05 Å². The van der Waals surface area contributed by atoms with E-state index in [1.807, 2.05) is 7.05 Å². The maximum atomic E-state index is 10.2. The summed E-state index contributed by atoms with van der Waals surface area (Å²) in [7, 11) is 1.98. The number of fused-ring (bicyclic) bond motifs is 5. The fourth-order valence-electron chi connectivity index (χ4n) is 8.08. The number of aliphatic hydroxyl groups excluding tert-OH is 1. The number of aliphatic imine (C=N–C) groups is 1. The van der Waals surface area contributed by atoms with Crippen molar-refractivity contribution in [3.8, 4) is 0 Å². The summed E-state index contributed by atoms with van der Waals surface area (Å²) in [6.07, 6.45) is 11.8. The van der Waals surface area contributed by atoms with Crippen LogP contribution in [-0.2, 0) is 0 Å². The predicted octanol–water partition coefficient (Wildman–Crippen LogP) is 5.10. The quantitative estimate of drug-likeness (QED) is 0.666. The minimum absolute atomic E-state index is 0.0206. The van der Waals surface area contributed by atoms with Crippen LogP contribution in [0.15, 0.2) is 4.99 Å². The van der Waals surface area contributed by atoms with Gasteiger partial charge in [0.2, 0.25) is 0 Å². The first-order valence-corrected chi connectivity index (χ1v) is 10.5. The summed E-state index contributed by atoms with van der Waals surface area (Å²) in [5.41, 5.74) is 2.41. The van der Waals surface area contributed by atoms with Gasteiger partial charge >= 0.3 is 0 Å². The van der Waals surface area contributed by atoms with Gasteiger partial charge in [0.15, 0.2) is 0 Å². The van der Waals surface area contributed by atoms with Crippen molar-refractivity contribution in [2.24, 2.45) is 45.4 Å². The Morgan fingerprint density at radius 2 is 1.62 bits per heavy atom. The minimum atomic E-state index is -0.0206. The van der Waals surface area contributed by atoms with Crippen LogP contribution in [0.25, 0.3) is 0 Å². The highest BCUT2D eigenvalue weighted by Crippen LogP contribution is 2.67. The highest BCUT2D eigenvalue weighted by molar-refractivity contribution is 5.85. The van der Waals surface area contributed by atoms with Crippen molar-refractivity contribution >= 4 is 5.71 Å². The van der Waals surface area contributed by atoms with Crippen LogP contribution in [0.3, 0.4) is 0 Å². The van der Waals surface area contributed by atoms with Crippen molar-refractivity contribution in [3.05, 3.63) is 0 Å². The highest BCUT2D eigenvalue weighted by Gasteiger charge is 2.60. The van der Waals surface area contributed by atoms with Gasteiger partial charge in [-0.3, -0.25) is 4.99 Å². The Hall–Kier alpha value is -0.370. The lowest BCUT2D eigenvalue weighted by atomic mass is 9.44. The molecule has 0 unspecified atom stereocenters. The van der Waals surface area contributed by atoms with Crippen molar-refractivity contribution < 1.29 is 5.11 Å². The molecule has 0 radical (unpaired) electrons. The molecule has 0 saturated heterocycles. The van der Waals surface area contributed by atoms with E-state index in [0.29, 0.717) is 10.8 Å². The Balaban J connectivity index is 1.61. The van der Waals surface area contributed by atoms with Crippen molar-refractivity contribution in [1.82, 2.24) is 0 Å². The lowest BCUT2D eigenvalue weighted by Gasteiger charge is -2.61. The first-order chi connectivity index (χ1) is 11.4. The summed E-state index contributed by atoms with van der Waals surface area (Å²) in [5, 5.41) is 10.2. The molecule has 4 aliphatic rings. The van der Waals surface area contributed by atoms with Crippen molar-refractivity contribution in [2.45, 2.75) is 84.7 Å². The molecule has 8 atom stereocenters. The molecule has 0 bridgehead atoms. The molecule has 4 aliphatic carbocycles. The van der Waals surface area contributed by atoms with E-state index >= 15 is 0 Å². The Morgan fingerprint density at radius 1 is 0.917 bits per heavy atom.